The fraction of sp³-hybridized carbons (Fsp3) is 0.174. The average Bonchev–Trinajstić information content (AvgIpc) is 2.82. The van der Waals surface area contributed by atoms with Gasteiger partial charge in [-0.3, -0.25) is 9.97 Å². The van der Waals surface area contributed by atoms with Gasteiger partial charge in [0.1, 0.15) is 6.33 Å². The Labute approximate surface area is 178 Å². The van der Waals surface area contributed by atoms with E-state index in [0.29, 0.717) is 25.2 Å². The molecule has 5 rings (SSSR count). The predicted octanol–water partition coefficient (Wildman–Crippen LogP) is 3.61. The van der Waals surface area contributed by atoms with Gasteiger partial charge in [-0.2, -0.15) is 9.65 Å². The highest BCUT2D eigenvalue weighted by Gasteiger charge is 2.22. The maximum atomic E-state index is 15.2. The number of hydrogen-bond donors (Lipinski definition) is 1. The number of anilines is 2. The summed E-state index contributed by atoms with van der Waals surface area (Å²) in [6.07, 6.45) is 5.62. The van der Waals surface area contributed by atoms with E-state index in [2.05, 4.69) is 31.3 Å². The van der Waals surface area contributed by atoms with E-state index in [1.807, 2.05) is 29.2 Å². The van der Waals surface area contributed by atoms with Crippen LogP contribution in [0.15, 0.2) is 55.1 Å². The summed E-state index contributed by atoms with van der Waals surface area (Å²) in [4.78, 5) is 19.0. The van der Waals surface area contributed by atoms with Crippen LogP contribution in [-0.4, -0.2) is 26.5 Å². The van der Waals surface area contributed by atoms with Gasteiger partial charge in [0, 0.05) is 49.5 Å². The molecule has 1 aliphatic heterocycles. The molecule has 0 amide bonds. The highest BCUT2D eigenvalue weighted by molar-refractivity contribution is 5.80. The molecule has 152 valence electrons. The van der Waals surface area contributed by atoms with E-state index in [1.54, 1.807) is 24.5 Å². The van der Waals surface area contributed by atoms with Crippen molar-refractivity contribution in [1.29, 1.82) is 5.26 Å². The number of benzene rings is 1. The van der Waals surface area contributed by atoms with E-state index >= 15 is 4.39 Å². The van der Waals surface area contributed by atoms with Gasteiger partial charge in [0.05, 0.1) is 17.1 Å². The first kappa shape index (κ1) is 18.9. The number of aromatic nitrogens is 4. The minimum Gasteiger partial charge on any atom is -0.363 e. The molecule has 3 aromatic heterocycles. The van der Waals surface area contributed by atoms with Crippen LogP contribution >= 0.6 is 0 Å². The summed E-state index contributed by atoms with van der Waals surface area (Å²) in [6.45, 7) is 1.58. The lowest BCUT2D eigenvalue weighted by atomic mass is 10.1. The number of rotatable bonds is 4. The third-order valence-corrected chi connectivity index (χ3v) is 5.36. The van der Waals surface area contributed by atoms with Crippen molar-refractivity contribution >= 4 is 22.5 Å². The Morgan fingerprint density at radius 3 is 2.97 bits per heavy atom. The molecule has 0 unspecified atom stereocenters. The summed E-state index contributed by atoms with van der Waals surface area (Å²) in [6, 6.07) is 13.3. The highest BCUT2D eigenvalue weighted by atomic mass is 19.1. The number of nitrogens with one attached hydrogen (secondary N) is 1. The Morgan fingerprint density at radius 1 is 1.13 bits per heavy atom. The quantitative estimate of drug-likeness (QED) is 0.549. The molecule has 0 saturated heterocycles. The summed E-state index contributed by atoms with van der Waals surface area (Å²) in [5.74, 6) is -0.0307. The zero-order valence-electron chi connectivity index (χ0n) is 16.6. The van der Waals surface area contributed by atoms with Crippen LogP contribution in [0.1, 0.15) is 22.4 Å². The summed E-state index contributed by atoms with van der Waals surface area (Å²) in [7, 11) is 0. The van der Waals surface area contributed by atoms with Crippen LogP contribution < -0.4 is 10.2 Å². The van der Waals surface area contributed by atoms with E-state index in [9.17, 15) is 0 Å². The van der Waals surface area contributed by atoms with E-state index in [0.717, 1.165) is 34.1 Å². The lowest BCUT2D eigenvalue weighted by Gasteiger charge is -2.29. The molecule has 0 radical (unpaired) electrons. The number of fused-ring (bicyclic) bond motifs is 2. The number of halogens is 1. The Bertz CT molecular complexity index is 1320. The van der Waals surface area contributed by atoms with Crippen molar-refractivity contribution in [2.45, 2.75) is 19.5 Å². The molecule has 1 aromatic carbocycles. The predicted molar refractivity (Wildman–Crippen MR) is 115 cm³/mol. The first-order valence-corrected chi connectivity index (χ1v) is 9.92. The summed E-state index contributed by atoms with van der Waals surface area (Å²) < 4.78 is 15.2. The number of nitriles is 1. The Hall–Kier alpha value is -4.12. The minimum absolute atomic E-state index is 0.155. The van der Waals surface area contributed by atoms with Gasteiger partial charge in [-0.15, -0.1) is 0 Å². The molecule has 31 heavy (non-hydrogen) atoms. The molecule has 8 heteroatoms. The Balaban J connectivity index is 1.34. The zero-order chi connectivity index (χ0) is 21.2. The van der Waals surface area contributed by atoms with Gasteiger partial charge in [-0.05, 0) is 35.4 Å². The number of nitrogens with zero attached hydrogens (tertiary/aromatic N) is 6. The largest absolute Gasteiger partial charge is 0.363 e. The van der Waals surface area contributed by atoms with Gasteiger partial charge in [0.15, 0.2) is 11.6 Å². The van der Waals surface area contributed by atoms with Crippen LogP contribution in [0.5, 0.6) is 0 Å². The Morgan fingerprint density at radius 2 is 2.06 bits per heavy atom. The molecule has 0 spiro atoms. The first-order valence-electron chi connectivity index (χ1n) is 9.92. The summed E-state index contributed by atoms with van der Waals surface area (Å²) in [5.41, 5.74) is 4.34. The number of pyridine rings is 2. The molecule has 0 bridgehead atoms. The van der Waals surface area contributed by atoms with Crippen LogP contribution in [0.2, 0.25) is 0 Å². The SMILES string of the molecule is N#Cc1ccc2cc(CNc3ncnc(N4CCc5ncccc5C4)c3F)cnc2c1. The standard InChI is InChI=1S/C23H18FN7/c24-21-22(28-12-16-8-17-4-3-15(10-25)9-20(17)27-11-16)29-14-30-23(21)31-7-5-19-18(13-31)2-1-6-26-19/h1-4,6,8-9,11,14H,5,7,12-13H2,(H,28,29,30). The van der Waals surface area contributed by atoms with E-state index in [1.165, 1.54) is 6.33 Å². The van der Waals surface area contributed by atoms with Gasteiger partial charge in [0.2, 0.25) is 5.82 Å². The van der Waals surface area contributed by atoms with Gasteiger partial charge >= 0.3 is 0 Å². The minimum atomic E-state index is -0.470. The topological polar surface area (TPSA) is 90.6 Å². The summed E-state index contributed by atoms with van der Waals surface area (Å²) in [5, 5.41) is 13.0. The maximum absolute atomic E-state index is 15.2. The molecule has 4 aromatic rings. The van der Waals surface area contributed by atoms with Crippen LogP contribution in [0.25, 0.3) is 10.9 Å². The molecular weight excluding hydrogens is 393 g/mol. The summed E-state index contributed by atoms with van der Waals surface area (Å²) >= 11 is 0. The second-order valence-corrected chi connectivity index (χ2v) is 7.36. The van der Waals surface area contributed by atoms with Crippen LogP contribution in [0, 0.1) is 17.1 Å². The molecule has 7 nitrogen and oxygen atoms in total. The Kier molecular flexibility index (Phi) is 4.84. The lowest BCUT2D eigenvalue weighted by molar-refractivity contribution is 0.594. The van der Waals surface area contributed by atoms with Crippen LogP contribution in [-0.2, 0) is 19.5 Å². The van der Waals surface area contributed by atoms with Gasteiger partial charge < -0.3 is 10.2 Å². The molecule has 0 fully saturated rings. The molecule has 0 aliphatic carbocycles. The highest BCUT2D eigenvalue weighted by Crippen LogP contribution is 2.27. The van der Waals surface area contributed by atoms with Gasteiger partial charge in [-0.25, -0.2) is 9.97 Å². The van der Waals surface area contributed by atoms with Gasteiger partial charge in [-0.1, -0.05) is 12.1 Å². The van der Waals surface area contributed by atoms with Crippen molar-refractivity contribution in [3.05, 3.63) is 83.3 Å². The van der Waals surface area contributed by atoms with Crippen molar-refractivity contribution in [1.82, 2.24) is 19.9 Å². The van der Waals surface area contributed by atoms with Crippen molar-refractivity contribution < 1.29 is 4.39 Å². The third-order valence-electron chi connectivity index (χ3n) is 5.36. The monoisotopic (exact) mass is 411 g/mol. The first-order chi connectivity index (χ1) is 15.2. The molecular formula is C23H18FN7. The van der Waals surface area contributed by atoms with Crippen molar-refractivity contribution in [2.24, 2.45) is 0 Å². The van der Waals surface area contributed by atoms with Crippen molar-refractivity contribution in [2.75, 3.05) is 16.8 Å². The smallest absolute Gasteiger partial charge is 0.207 e. The molecule has 0 atom stereocenters. The molecule has 1 aliphatic rings. The van der Waals surface area contributed by atoms with Crippen LogP contribution in [0.4, 0.5) is 16.0 Å². The van der Waals surface area contributed by atoms with Crippen molar-refractivity contribution in [3.8, 4) is 6.07 Å². The number of hydrogen-bond acceptors (Lipinski definition) is 7. The third kappa shape index (κ3) is 3.73. The molecule has 0 saturated carbocycles. The van der Waals surface area contributed by atoms with E-state index in [-0.39, 0.29) is 11.6 Å². The second-order valence-electron chi connectivity index (χ2n) is 7.36. The van der Waals surface area contributed by atoms with E-state index in [4.69, 9.17) is 5.26 Å². The normalized spacial score (nSPS) is 13.0. The van der Waals surface area contributed by atoms with Gasteiger partial charge in [0.25, 0.3) is 0 Å². The van der Waals surface area contributed by atoms with E-state index < -0.39 is 5.82 Å². The second kappa shape index (κ2) is 7.95. The average molecular weight is 411 g/mol. The molecule has 4 heterocycles. The molecule has 1 N–H and O–H groups in total. The van der Waals surface area contributed by atoms with Crippen LogP contribution in [0.3, 0.4) is 0 Å². The van der Waals surface area contributed by atoms with Crippen molar-refractivity contribution in [3.63, 3.8) is 0 Å². The lowest BCUT2D eigenvalue weighted by Crippen LogP contribution is -2.32. The zero-order valence-corrected chi connectivity index (χ0v) is 16.6. The maximum Gasteiger partial charge on any atom is 0.207 e. The fourth-order valence-electron chi connectivity index (χ4n) is 3.77. The fourth-order valence-corrected chi connectivity index (χ4v) is 3.77.